The van der Waals surface area contributed by atoms with Crippen LogP contribution in [0.25, 0.3) is 16.6 Å². The number of hydrogen-bond donors (Lipinski definition) is 0. The largest absolute Gasteiger partial charge is 0.340 e. The number of fused-ring (bicyclic) bond motifs is 1. The van der Waals surface area contributed by atoms with Crippen LogP contribution in [0.2, 0.25) is 0 Å². The zero-order chi connectivity index (χ0) is 23.7. The molecule has 1 aliphatic heterocycles. The Morgan fingerprint density at radius 1 is 0.971 bits per heavy atom. The van der Waals surface area contributed by atoms with E-state index in [1.54, 1.807) is 16.8 Å². The lowest BCUT2D eigenvalue weighted by Crippen LogP contribution is -2.48. The molecule has 7 heteroatoms. The summed E-state index contributed by atoms with van der Waals surface area (Å²) in [6.07, 6.45) is 2.16. The summed E-state index contributed by atoms with van der Waals surface area (Å²) in [7, 11) is 0. The normalized spacial score (nSPS) is 14.6. The molecule has 1 aliphatic rings. The van der Waals surface area contributed by atoms with Crippen LogP contribution in [0.5, 0.6) is 0 Å². The Morgan fingerprint density at radius 2 is 1.71 bits per heavy atom. The Balaban J connectivity index is 1.22. The van der Waals surface area contributed by atoms with Crippen LogP contribution >= 0.6 is 0 Å². The molecule has 1 saturated heterocycles. The minimum atomic E-state index is -0.281. The zero-order valence-corrected chi connectivity index (χ0v) is 19.5. The fourth-order valence-corrected chi connectivity index (χ4v) is 4.72. The summed E-state index contributed by atoms with van der Waals surface area (Å²) in [4.78, 5) is 22.0. The summed E-state index contributed by atoms with van der Waals surface area (Å²) in [5.74, 6) is -0.159. The quantitative estimate of drug-likeness (QED) is 0.454. The minimum Gasteiger partial charge on any atom is -0.340 e. The number of aryl methyl sites for hydroxylation is 1. The third-order valence-corrected chi connectivity index (χ3v) is 6.68. The Hall–Kier alpha value is -3.58. The molecular formula is C27H28FN5O. The minimum absolute atomic E-state index is 0.122. The lowest BCUT2D eigenvalue weighted by molar-refractivity contribution is -0.132. The molecule has 3 heterocycles. The molecule has 5 rings (SSSR count). The molecule has 0 spiro atoms. The number of nitrogens with zero attached hydrogens (tertiary/aromatic N) is 5. The first-order valence-electron chi connectivity index (χ1n) is 11.6. The van der Waals surface area contributed by atoms with E-state index in [4.69, 9.17) is 0 Å². The van der Waals surface area contributed by atoms with Crippen molar-refractivity contribution in [3.8, 4) is 5.69 Å². The second-order valence-electron chi connectivity index (χ2n) is 8.86. The van der Waals surface area contributed by atoms with Gasteiger partial charge in [0.05, 0.1) is 23.3 Å². The van der Waals surface area contributed by atoms with E-state index in [1.165, 1.54) is 17.7 Å². The molecule has 2 aromatic carbocycles. The maximum Gasteiger partial charge on any atom is 0.227 e. The number of para-hydroxylation sites is 1. The van der Waals surface area contributed by atoms with Crippen molar-refractivity contribution in [2.45, 2.75) is 26.8 Å². The highest BCUT2D eigenvalue weighted by Gasteiger charge is 2.24. The van der Waals surface area contributed by atoms with Crippen molar-refractivity contribution in [3.63, 3.8) is 0 Å². The molecule has 6 nitrogen and oxygen atoms in total. The molecule has 2 aromatic heterocycles. The Labute approximate surface area is 198 Å². The van der Waals surface area contributed by atoms with Gasteiger partial charge in [0.15, 0.2) is 0 Å². The van der Waals surface area contributed by atoms with Crippen LogP contribution < -0.4 is 0 Å². The van der Waals surface area contributed by atoms with Gasteiger partial charge in [0.25, 0.3) is 0 Å². The maximum absolute atomic E-state index is 13.3. The molecule has 0 radical (unpaired) electrons. The molecule has 1 fully saturated rings. The van der Waals surface area contributed by atoms with Crippen LogP contribution in [0, 0.1) is 19.7 Å². The van der Waals surface area contributed by atoms with Gasteiger partial charge < -0.3 is 4.90 Å². The standard InChI is InChI=1S/C27H28FN5O/c1-19-25(20(2)33(30-19)24-10-8-23(28)9-11-24)17-26(34)32-15-13-31(14-16-32)18-22-6-3-5-21-7-4-12-29-27(21)22/h3-12H,13-18H2,1-2H3. The van der Waals surface area contributed by atoms with Gasteiger partial charge in [0, 0.05) is 55.6 Å². The highest BCUT2D eigenvalue weighted by molar-refractivity contribution is 5.81. The van der Waals surface area contributed by atoms with E-state index in [-0.39, 0.29) is 11.7 Å². The molecule has 0 aliphatic carbocycles. The van der Waals surface area contributed by atoms with Crippen LogP contribution in [-0.2, 0) is 17.8 Å². The van der Waals surface area contributed by atoms with Gasteiger partial charge in [0.2, 0.25) is 5.91 Å². The second-order valence-corrected chi connectivity index (χ2v) is 8.86. The SMILES string of the molecule is Cc1nn(-c2ccc(F)cc2)c(C)c1CC(=O)N1CCN(Cc2cccc3cccnc23)CC1. The smallest absolute Gasteiger partial charge is 0.227 e. The van der Waals surface area contributed by atoms with E-state index in [9.17, 15) is 9.18 Å². The van der Waals surface area contributed by atoms with Crippen LogP contribution in [-0.4, -0.2) is 56.7 Å². The highest BCUT2D eigenvalue weighted by atomic mass is 19.1. The van der Waals surface area contributed by atoms with Gasteiger partial charge in [-0.2, -0.15) is 5.10 Å². The van der Waals surface area contributed by atoms with Crippen molar-refractivity contribution in [2.24, 2.45) is 0 Å². The summed E-state index contributed by atoms with van der Waals surface area (Å²) in [5, 5.41) is 5.75. The summed E-state index contributed by atoms with van der Waals surface area (Å²) in [6.45, 7) is 7.80. The molecule has 34 heavy (non-hydrogen) atoms. The average Bonchev–Trinajstić information content (AvgIpc) is 3.13. The first kappa shape index (κ1) is 22.2. The summed E-state index contributed by atoms with van der Waals surface area (Å²) in [6, 6.07) is 16.6. The monoisotopic (exact) mass is 457 g/mol. The van der Waals surface area contributed by atoms with Crippen molar-refractivity contribution in [3.05, 3.63) is 89.1 Å². The number of hydrogen-bond acceptors (Lipinski definition) is 4. The van der Waals surface area contributed by atoms with E-state index in [2.05, 4.69) is 39.2 Å². The van der Waals surface area contributed by atoms with Crippen molar-refractivity contribution in [2.75, 3.05) is 26.2 Å². The fraction of sp³-hybridized carbons (Fsp3) is 0.296. The van der Waals surface area contributed by atoms with Crippen LogP contribution in [0.15, 0.2) is 60.8 Å². The number of piperazine rings is 1. The molecule has 0 atom stereocenters. The first-order valence-corrected chi connectivity index (χ1v) is 11.6. The third-order valence-electron chi connectivity index (χ3n) is 6.68. The zero-order valence-electron chi connectivity index (χ0n) is 19.5. The van der Waals surface area contributed by atoms with Gasteiger partial charge in [-0.3, -0.25) is 14.7 Å². The van der Waals surface area contributed by atoms with Crippen molar-refractivity contribution >= 4 is 16.8 Å². The molecule has 0 unspecified atom stereocenters. The number of carbonyl (C=O) groups excluding carboxylic acids is 1. The van der Waals surface area contributed by atoms with Crippen molar-refractivity contribution in [1.82, 2.24) is 24.6 Å². The van der Waals surface area contributed by atoms with E-state index < -0.39 is 0 Å². The summed E-state index contributed by atoms with van der Waals surface area (Å²) in [5.41, 5.74) is 5.75. The van der Waals surface area contributed by atoms with E-state index in [0.29, 0.717) is 19.5 Å². The van der Waals surface area contributed by atoms with E-state index in [0.717, 1.165) is 53.2 Å². The predicted octanol–water partition coefficient (Wildman–Crippen LogP) is 4.06. The first-order chi connectivity index (χ1) is 16.5. The van der Waals surface area contributed by atoms with Gasteiger partial charge in [-0.05, 0) is 49.7 Å². The Kier molecular flexibility index (Phi) is 6.11. The van der Waals surface area contributed by atoms with Gasteiger partial charge >= 0.3 is 0 Å². The van der Waals surface area contributed by atoms with Gasteiger partial charge in [-0.15, -0.1) is 0 Å². The number of carbonyl (C=O) groups is 1. The lowest BCUT2D eigenvalue weighted by atomic mass is 10.1. The molecule has 4 aromatic rings. The molecule has 174 valence electrons. The number of rotatable bonds is 5. The lowest BCUT2D eigenvalue weighted by Gasteiger charge is -2.35. The Morgan fingerprint density at radius 3 is 2.47 bits per heavy atom. The van der Waals surface area contributed by atoms with Crippen molar-refractivity contribution in [1.29, 1.82) is 0 Å². The maximum atomic E-state index is 13.3. The fourth-order valence-electron chi connectivity index (χ4n) is 4.72. The highest BCUT2D eigenvalue weighted by Crippen LogP contribution is 2.21. The predicted molar refractivity (Wildman–Crippen MR) is 130 cm³/mol. The topological polar surface area (TPSA) is 54.3 Å². The Bertz CT molecular complexity index is 1320. The number of pyridine rings is 1. The number of aromatic nitrogens is 3. The van der Waals surface area contributed by atoms with Crippen LogP contribution in [0.3, 0.4) is 0 Å². The van der Waals surface area contributed by atoms with Crippen molar-refractivity contribution < 1.29 is 9.18 Å². The number of amides is 1. The number of halogens is 1. The van der Waals surface area contributed by atoms with Gasteiger partial charge in [0.1, 0.15) is 5.82 Å². The number of benzene rings is 2. The van der Waals surface area contributed by atoms with E-state index in [1.807, 2.05) is 31.0 Å². The molecule has 0 saturated carbocycles. The third kappa shape index (κ3) is 4.43. The second kappa shape index (κ2) is 9.35. The molecule has 0 N–H and O–H groups in total. The van der Waals surface area contributed by atoms with Gasteiger partial charge in [-0.1, -0.05) is 24.3 Å². The summed E-state index contributed by atoms with van der Waals surface area (Å²) < 4.78 is 15.1. The summed E-state index contributed by atoms with van der Waals surface area (Å²) >= 11 is 0. The molecule has 1 amide bonds. The van der Waals surface area contributed by atoms with Gasteiger partial charge in [-0.25, -0.2) is 9.07 Å². The van der Waals surface area contributed by atoms with Crippen LogP contribution in [0.4, 0.5) is 4.39 Å². The van der Waals surface area contributed by atoms with Crippen LogP contribution in [0.1, 0.15) is 22.5 Å². The average molecular weight is 458 g/mol. The van der Waals surface area contributed by atoms with E-state index >= 15 is 0 Å². The molecular weight excluding hydrogens is 429 g/mol. The molecule has 0 bridgehead atoms.